The number of aromatic nitrogens is 3. The number of hydrogen-bond acceptors (Lipinski definition) is 7. The molecule has 6 rings (SSSR count). The van der Waals surface area contributed by atoms with Crippen LogP contribution in [-0.2, 0) is 0 Å². The van der Waals surface area contributed by atoms with Gasteiger partial charge in [-0.1, -0.05) is 6.07 Å². The van der Waals surface area contributed by atoms with Crippen molar-refractivity contribution >= 4 is 17.1 Å². The molecule has 4 aromatic rings. The lowest BCUT2D eigenvalue weighted by molar-refractivity contribution is 0.00594. The zero-order chi connectivity index (χ0) is 31.8. The zero-order valence-electron chi connectivity index (χ0n) is 25.4. The molecule has 1 aromatic carbocycles. The molecule has 0 amide bonds. The maximum atomic E-state index is 14.1. The van der Waals surface area contributed by atoms with E-state index in [4.69, 9.17) is 9.72 Å². The van der Waals surface area contributed by atoms with Crippen LogP contribution in [0, 0.1) is 29.5 Å². The molecule has 0 atom stereocenters. The van der Waals surface area contributed by atoms with Crippen molar-refractivity contribution in [3.05, 3.63) is 77.5 Å². The van der Waals surface area contributed by atoms with Crippen molar-refractivity contribution in [1.29, 1.82) is 5.26 Å². The number of halogens is 3. The molecular formula is C34H35F3N6O2. The van der Waals surface area contributed by atoms with Gasteiger partial charge in [-0.3, -0.25) is 9.69 Å². The first-order valence-corrected chi connectivity index (χ1v) is 15.2. The number of rotatable bonds is 9. The van der Waals surface area contributed by atoms with Gasteiger partial charge >= 0.3 is 0 Å². The second kappa shape index (κ2) is 12.2. The normalized spacial score (nSPS) is 17.8. The highest BCUT2D eigenvalue weighted by Crippen LogP contribution is 2.41. The van der Waals surface area contributed by atoms with E-state index in [1.165, 1.54) is 18.3 Å². The molecule has 11 heteroatoms. The van der Waals surface area contributed by atoms with Crippen LogP contribution in [0.25, 0.3) is 16.6 Å². The highest BCUT2D eigenvalue weighted by atomic mass is 19.3. The lowest BCUT2D eigenvalue weighted by Gasteiger charge is -2.44. The third-order valence-electron chi connectivity index (χ3n) is 9.07. The van der Waals surface area contributed by atoms with E-state index < -0.39 is 17.2 Å². The van der Waals surface area contributed by atoms with E-state index in [1.807, 2.05) is 25.1 Å². The predicted octanol–water partition coefficient (Wildman–Crippen LogP) is 6.31. The molecule has 0 saturated carbocycles. The molecule has 2 fully saturated rings. The molecule has 234 valence electrons. The number of ketones is 1. The van der Waals surface area contributed by atoms with Crippen LogP contribution in [0.3, 0.4) is 0 Å². The van der Waals surface area contributed by atoms with E-state index in [-0.39, 0.29) is 31.7 Å². The molecule has 0 unspecified atom stereocenters. The molecule has 2 saturated heterocycles. The Labute approximate surface area is 260 Å². The van der Waals surface area contributed by atoms with E-state index in [9.17, 15) is 23.2 Å². The summed E-state index contributed by atoms with van der Waals surface area (Å²) in [5.74, 6) is -1.97. The summed E-state index contributed by atoms with van der Waals surface area (Å²) >= 11 is 0. The summed E-state index contributed by atoms with van der Waals surface area (Å²) in [5.41, 5.74) is 3.23. The van der Waals surface area contributed by atoms with Gasteiger partial charge in [-0.15, -0.1) is 0 Å². The van der Waals surface area contributed by atoms with Crippen molar-refractivity contribution in [3.8, 4) is 22.9 Å². The van der Waals surface area contributed by atoms with Gasteiger partial charge in [0.15, 0.2) is 5.78 Å². The minimum absolute atomic E-state index is 0.161. The topological polar surface area (TPSA) is 86.8 Å². The van der Waals surface area contributed by atoms with Crippen LogP contribution in [-0.4, -0.2) is 70.5 Å². The number of nitriles is 1. The second-order valence-electron chi connectivity index (χ2n) is 12.3. The van der Waals surface area contributed by atoms with E-state index >= 15 is 0 Å². The van der Waals surface area contributed by atoms with Gasteiger partial charge in [-0.25, -0.2) is 22.7 Å². The number of carbonyl (C=O) groups is 1. The van der Waals surface area contributed by atoms with Gasteiger partial charge < -0.3 is 9.64 Å². The Hall–Kier alpha value is -4.43. The second-order valence-corrected chi connectivity index (χ2v) is 12.3. The summed E-state index contributed by atoms with van der Waals surface area (Å²) in [6.45, 7) is 5.73. The molecular weight excluding hydrogens is 581 g/mol. The smallest absolute Gasteiger partial charge is 0.261 e. The van der Waals surface area contributed by atoms with E-state index in [0.717, 1.165) is 16.9 Å². The summed E-state index contributed by atoms with van der Waals surface area (Å²) in [7, 11) is 0. The Morgan fingerprint density at radius 1 is 1.09 bits per heavy atom. The van der Waals surface area contributed by atoms with E-state index in [2.05, 4.69) is 16.1 Å². The van der Waals surface area contributed by atoms with Gasteiger partial charge in [-0.05, 0) is 68.0 Å². The molecule has 8 nitrogen and oxygen atoms in total. The average molecular weight is 617 g/mol. The number of aryl methyl sites for hydroxylation is 1. The zero-order valence-corrected chi connectivity index (χ0v) is 25.4. The number of nitrogens with zero attached hydrogens (tertiary/aromatic N) is 6. The number of fused-ring (bicyclic) bond motifs is 1. The highest BCUT2D eigenvalue weighted by Gasteiger charge is 2.44. The fourth-order valence-electron chi connectivity index (χ4n) is 6.72. The van der Waals surface area contributed by atoms with Crippen LogP contribution in [0.1, 0.15) is 54.1 Å². The van der Waals surface area contributed by atoms with Gasteiger partial charge in [0.05, 0.1) is 36.6 Å². The van der Waals surface area contributed by atoms with Crippen molar-refractivity contribution in [3.63, 3.8) is 0 Å². The molecule has 0 bridgehead atoms. The summed E-state index contributed by atoms with van der Waals surface area (Å²) in [6, 6.07) is 12.2. The van der Waals surface area contributed by atoms with Gasteiger partial charge in [0.1, 0.15) is 23.5 Å². The van der Waals surface area contributed by atoms with Gasteiger partial charge in [0.25, 0.3) is 5.92 Å². The number of hydrogen-bond donors (Lipinski definition) is 0. The van der Waals surface area contributed by atoms with Crippen LogP contribution in [0.2, 0.25) is 0 Å². The Kier molecular flexibility index (Phi) is 8.27. The lowest BCUT2D eigenvalue weighted by Crippen LogP contribution is -2.47. The SMILES string of the molecule is CCOc1cc(-c2ccc(N3CCC(CC(=O)c4cc(F)ccc4C)(CN4CCC(F)(F)C4)CC3)nc2)c2c(C#N)cnn2c1. The summed E-state index contributed by atoms with van der Waals surface area (Å²) in [5, 5.41) is 14.0. The van der Waals surface area contributed by atoms with Crippen molar-refractivity contribution < 1.29 is 22.7 Å². The Balaban J connectivity index is 1.22. The molecule has 3 aromatic heterocycles. The quantitative estimate of drug-likeness (QED) is 0.204. The molecule has 2 aliphatic rings. The number of ether oxygens (including phenoxy) is 1. The summed E-state index contributed by atoms with van der Waals surface area (Å²) in [6.07, 6.45) is 6.23. The van der Waals surface area contributed by atoms with Crippen molar-refractivity contribution in [2.75, 3.05) is 44.2 Å². The Morgan fingerprint density at radius 2 is 1.89 bits per heavy atom. The molecule has 0 spiro atoms. The molecule has 0 aliphatic carbocycles. The molecule has 0 N–H and O–H groups in total. The third-order valence-corrected chi connectivity index (χ3v) is 9.07. The van der Waals surface area contributed by atoms with Crippen LogP contribution in [0.5, 0.6) is 5.75 Å². The number of Topliss-reactive ketones (excluding diaryl/α,β-unsaturated/α-hetero) is 1. The van der Waals surface area contributed by atoms with Gasteiger partial charge in [0.2, 0.25) is 0 Å². The van der Waals surface area contributed by atoms with Crippen molar-refractivity contribution in [1.82, 2.24) is 19.5 Å². The standard InChI is InChI=1S/C34H35F3N6O2/c1-3-45-27-15-29(32-25(17-38)19-40-43(32)20-27)24-5-7-31(39-18-24)42-12-8-33(9-13-42,21-41-11-10-34(36,37)22-41)16-30(44)28-14-26(35)6-4-23(28)2/h4-7,14-15,18-20H,3,8-13,16,21-22H2,1-2H3. The van der Waals surface area contributed by atoms with Gasteiger partial charge in [-0.2, -0.15) is 10.4 Å². The summed E-state index contributed by atoms with van der Waals surface area (Å²) in [4.78, 5) is 22.2. The average Bonchev–Trinajstić information content (AvgIpc) is 3.60. The minimum Gasteiger partial charge on any atom is -0.492 e. The number of likely N-dealkylation sites (tertiary alicyclic amines) is 1. The number of anilines is 1. The number of alkyl halides is 2. The number of piperidine rings is 1. The van der Waals surface area contributed by atoms with Crippen molar-refractivity contribution in [2.45, 2.75) is 45.5 Å². The predicted molar refractivity (Wildman–Crippen MR) is 164 cm³/mol. The first kappa shape index (κ1) is 30.6. The number of carbonyl (C=O) groups excluding carboxylic acids is 1. The van der Waals surface area contributed by atoms with Crippen LogP contribution >= 0.6 is 0 Å². The first-order valence-electron chi connectivity index (χ1n) is 15.2. The lowest BCUT2D eigenvalue weighted by atomic mass is 9.73. The van der Waals surface area contributed by atoms with Crippen molar-refractivity contribution in [2.24, 2.45) is 5.41 Å². The van der Waals surface area contributed by atoms with E-state index in [1.54, 1.807) is 34.8 Å². The van der Waals surface area contributed by atoms with Gasteiger partial charge in [0, 0.05) is 61.9 Å². The maximum Gasteiger partial charge on any atom is 0.261 e. The fourth-order valence-corrected chi connectivity index (χ4v) is 6.72. The molecule has 2 aliphatic heterocycles. The number of pyridine rings is 2. The summed E-state index contributed by atoms with van der Waals surface area (Å²) < 4.78 is 49.6. The molecule has 0 radical (unpaired) electrons. The fraction of sp³-hybridized carbons (Fsp3) is 0.412. The highest BCUT2D eigenvalue weighted by molar-refractivity contribution is 5.98. The monoisotopic (exact) mass is 616 g/mol. The Bertz CT molecular complexity index is 1760. The Morgan fingerprint density at radius 3 is 2.56 bits per heavy atom. The molecule has 45 heavy (non-hydrogen) atoms. The maximum absolute atomic E-state index is 14.1. The minimum atomic E-state index is -2.73. The van der Waals surface area contributed by atoms with Crippen LogP contribution in [0.4, 0.5) is 19.0 Å². The first-order chi connectivity index (χ1) is 21.6. The largest absolute Gasteiger partial charge is 0.492 e. The van der Waals surface area contributed by atoms with Crippen LogP contribution < -0.4 is 9.64 Å². The number of benzene rings is 1. The third kappa shape index (κ3) is 6.38. The molecule has 5 heterocycles. The van der Waals surface area contributed by atoms with Crippen LogP contribution in [0.15, 0.2) is 55.0 Å². The van der Waals surface area contributed by atoms with E-state index in [0.29, 0.717) is 67.0 Å².